The summed E-state index contributed by atoms with van der Waals surface area (Å²) >= 11 is 9.45. The number of fused-ring (bicyclic) bond motifs is 1. The van der Waals surface area contributed by atoms with Gasteiger partial charge < -0.3 is 0 Å². The van der Waals surface area contributed by atoms with Crippen LogP contribution in [0.25, 0.3) is 16.7 Å². The molecule has 0 saturated heterocycles. The molecule has 0 unspecified atom stereocenters. The summed E-state index contributed by atoms with van der Waals surface area (Å²) in [5.74, 6) is 1.11. The lowest BCUT2D eigenvalue weighted by Gasteiger charge is -2.07. The molecule has 0 N–H and O–H groups in total. The Morgan fingerprint density at radius 1 is 1.20 bits per heavy atom. The Balaban J connectivity index is 2.25. The predicted molar refractivity (Wildman–Crippen MR) is 83.0 cm³/mol. The minimum atomic E-state index is 0.326. The number of halogens is 2. The molecule has 3 rings (SSSR count). The first-order valence-corrected chi connectivity index (χ1v) is 7.29. The van der Waals surface area contributed by atoms with E-state index in [1.54, 1.807) is 12.1 Å². The molecular formula is C15H9BrClN3. The standard InChI is InChI=1S/C15H9BrClN3/c16-11-3-6-14-13(7-11)19-15(8-17)20(14)12-4-1-10(9-18)2-5-12/h1-7H,8H2. The Kier molecular flexibility index (Phi) is 3.47. The van der Waals surface area contributed by atoms with Gasteiger partial charge in [-0.05, 0) is 42.5 Å². The third-order valence-corrected chi connectivity index (χ3v) is 3.79. The summed E-state index contributed by atoms with van der Waals surface area (Å²) in [6.45, 7) is 0. The van der Waals surface area contributed by atoms with Crippen molar-refractivity contribution >= 4 is 38.6 Å². The zero-order chi connectivity index (χ0) is 14.1. The van der Waals surface area contributed by atoms with Gasteiger partial charge >= 0.3 is 0 Å². The van der Waals surface area contributed by atoms with E-state index in [1.807, 2.05) is 34.9 Å². The molecule has 0 aliphatic heterocycles. The van der Waals surface area contributed by atoms with Gasteiger partial charge in [-0.15, -0.1) is 11.6 Å². The summed E-state index contributed by atoms with van der Waals surface area (Å²) in [6.07, 6.45) is 0. The molecule has 3 nitrogen and oxygen atoms in total. The second-order valence-corrected chi connectivity index (χ2v) is 5.47. The van der Waals surface area contributed by atoms with Gasteiger partial charge in [0.15, 0.2) is 0 Å². The van der Waals surface area contributed by atoms with Gasteiger partial charge in [-0.3, -0.25) is 4.57 Å². The van der Waals surface area contributed by atoms with E-state index in [0.717, 1.165) is 27.0 Å². The molecule has 98 valence electrons. The van der Waals surface area contributed by atoms with Gasteiger partial charge in [0.1, 0.15) is 5.82 Å². The first-order chi connectivity index (χ1) is 9.72. The predicted octanol–water partition coefficient (Wildman–Crippen LogP) is 4.40. The highest BCUT2D eigenvalue weighted by Crippen LogP contribution is 2.25. The van der Waals surface area contributed by atoms with E-state index in [4.69, 9.17) is 16.9 Å². The van der Waals surface area contributed by atoms with Crippen LogP contribution in [0.5, 0.6) is 0 Å². The molecule has 0 amide bonds. The molecule has 2 aromatic carbocycles. The number of nitriles is 1. The molecule has 0 spiro atoms. The van der Waals surface area contributed by atoms with E-state index in [1.165, 1.54) is 0 Å². The molecule has 20 heavy (non-hydrogen) atoms. The molecule has 0 saturated carbocycles. The molecule has 0 bridgehead atoms. The van der Waals surface area contributed by atoms with Gasteiger partial charge in [0.25, 0.3) is 0 Å². The molecule has 0 aliphatic rings. The third-order valence-electron chi connectivity index (χ3n) is 3.06. The average Bonchev–Trinajstić information content (AvgIpc) is 2.84. The van der Waals surface area contributed by atoms with E-state index in [9.17, 15) is 0 Å². The smallest absolute Gasteiger partial charge is 0.129 e. The van der Waals surface area contributed by atoms with E-state index in [0.29, 0.717) is 11.4 Å². The minimum Gasteiger partial charge on any atom is -0.295 e. The number of hydrogen-bond acceptors (Lipinski definition) is 2. The lowest BCUT2D eigenvalue weighted by Crippen LogP contribution is -1.99. The van der Waals surface area contributed by atoms with Crippen LogP contribution in [0.1, 0.15) is 11.4 Å². The van der Waals surface area contributed by atoms with Crippen LogP contribution in [-0.4, -0.2) is 9.55 Å². The van der Waals surface area contributed by atoms with Crippen molar-refractivity contribution < 1.29 is 0 Å². The Hall–Kier alpha value is -1.83. The van der Waals surface area contributed by atoms with Crippen molar-refractivity contribution in [3.05, 3.63) is 58.3 Å². The second kappa shape index (κ2) is 5.28. The van der Waals surface area contributed by atoms with E-state index in [2.05, 4.69) is 27.0 Å². The summed E-state index contributed by atoms with van der Waals surface area (Å²) in [6, 6.07) is 15.4. The number of aromatic nitrogens is 2. The Labute approximate surface area is 129 Å². The number of rotatable bonds is 2. The fourth-order valence-corrected chi connectivity index (χ4v) is 2.69. The number of hydrogen-bond donors (Lipinski definition) is 0. The third kappa shape index (κ3) is 2.20. The number of imidazole rings is 1. The van der Waals surface area contributed by atoms with Crippen LogP contribution in [0, 0.1) is 11.3 Å². The Morgan fingerprint density at radius 2 is 1.95 bits per heavy atom. The van der Waals surface area contributed by atoms with Crippen LogP contribution in [-0.2, 0) is 5.88 Å². The summed E-state index contributed by atoms with van der Waals surface area (Å²) in [7, 11) is 0. The van der Waals surface area contributed by atoms with Crippen molar-refractivity contribution in [3.8, 4) is 11.8 Å². The number of alkyl halides is 1. The highest BCUT2D eigenvalue weighted by atomic mass is 79.9. The van der Waals surface area contributed by atoms with Gasteiger partial charge in [0.2, 0.25) is 0 Å². The highest BCUT2D eigenvalue weighted by molar-refractivity contribution is 9.10. The topological polar surface area (TPSA) is 41.6 Å². The van der Waals surface area contributed by atoms with E-state index < -0.39 is 0 Å². The molecular weight excluding hydrogens is 338 g/mol. The van der Waals surface area contributed by atoms with Crippen LogP contribution in [0.2, 0.25) is 0 Å². The molecule has 3 aromatic rings. The molecule has 0 radical (unpaired) electrons. The fourth-order valence-electron chi connectivity index (χ4n) is 2.17. The average molecular weight is 347 g/mol. The van der Waals surface area contributed by atoms with Crippen molar-refractivity contribution in [3.63, 3.8) is 0 Å². The van der Waals surface area contributed by atoms with Gasteiger partial charge in [0.05, 0.1) is 28.5 Å². The van der Waals surface area contributed by atoms with Gasteiger partial charge in [0, 0.05) is 10.2 Å². The lowest BCUT2D eigenvalue weighted by molar-refractivity contribution is 0.982. The number of benzene rings is 2. The maximum Gasteiger partial charge on any atom is 0.129 e. The van der Waals surface area contributed by atoms with Gasteiger partial charge in [-0.1, -0.05) is 15.9 Å². The lowest BCUT2D eigenvalue weighted by atomic mass is 10.2. The first kappa shape index (κ1) is 13.2. The van der Waals surface area contributed by atoms with Crippen molar-refractivity contribution in [2.45, 2.75) is 5.88 Å². The van der Waals surface area contributed by atoms with Crippen LogP contribution in [0.15, 0.2) is 46.9 Å². The summed E-state index contributed by atoms with van der Waals surface area (Å²) in [4.78, 5) is 4.55. The second-order valence-electron chi connectivity index (χ2n) is 4.29. The Morgan fingerprint density at radius 3 is 2.60 bits per heavy atom. The van der Waals surface area contributed by atoms with Crippen LogP contribution < -0.4 is 0 Å². The summed E-state index contributed by atoms with van der Waals surface area (Å²) < 4.78 is 2.99. The van der Waals surface area contributed by atoms with Crippen LogP contribution in [0.4, 0.5) is 0 Å². The normalized spacial score (nSPS) is 10.7. The van der Waals surface area contributed by atoms with Crippen LogP contribution >= 0.6 is 27.5 Å². The quantitative estimate of drug-likeness (QED) is 0.645. The van der Waals surface area contributed by atoms with Crippen molar-refractivity contribution in [2.75, 3.05) is 0 Å². The van der Waals surface area contributed by atoms with Crippen LogP contribution in [0.3, 0.4) is 0 Å². The SMILES string of the molecule is N#Cc1ccc(-n2c(CCl)nc3cc(Br)ccc32)cc1. The monoisotopic (exact) mass is 345 g/mol. The Bertz CT molecular complexity index is 815. The highest BCUT2D eigenvalue weighted by Gasteiger charge is 2.11. The number of nitrogens with zero attached hydrogens (tertiary/aromatic N) is 3. The largest absolute Gasteiger partial charge is 0.295 e. The molecule has 5 heteroatoms. The van der Waals surface area contributed by atoms with Crippen molar-refractivity contribution in [1.82, 2.24) is 9.55 Å². The molecule has 0 atom stereocenters. The van der Waals surface area contributed by atoms with E-state index >= 15 is 0 Å². The summed E-state index contributed by atoms with van der Waals surface area (Å²) in [5.41, 5.74) is 3.46. The molecule has 1 heterocycles. The minimum absolute atomic E-state index is 0.326. The zero-order valence-electron chi connectivity index (χ0n) is 10.3. The fraction of sp³-hybridized carbons (Fsp3) is 0.0667. The molecule has 1 aromatic heterocycles. The maximum absolute atomic E-state index is 8.87. The molecule has 0 fully saturated rings. The maximum atomic E-state index is 8.87. The molecule has 0 aliphatic carbocycles. The first-order valence-electron chi connectivity index (χ1n) is 5.96. The van der Waals surface area contributed by atoms with E-state index in [-0.39, 0.29) is 0 Å². The van der Waals surface area contributed by atoms with Crippen molar-refractivity contribution in [2.24, 2.45) is 0 Å². The van der Waals surface area contributed by atoms with Crippen molar-refractivity contribution in [1.29, 1.82) is 5.26 Å². The van der Waals surface area contributed by atoms with Gasteiger partial charge in [-0.2, -0.15) is 5.26 Å². The summed E-state index contributed by atoms with van der Waals surface area (Å²) in [5, 5.41) is 8.87. The zero-order valence-corrected chi connectivity index (χ0v) is 12.7. The van der Waals surface area contributed by atoms with Gasteiger partial charge in [-0.25, -0.2) is 4.98 Å².